The number of hydrogen-bond donors (Lipinski definition) is 3. The predicted octanol–water partition coefficient (Wildman–Crippen LogP) is 6.41. The second-order valence-electron chi connectivity index (χ2n) is 18.0. The van der Waals surface area contributed by atoms with Crippen LogP contribution in [0, 0.1) is 50.2 Å². The lowest BCUT2D eigenvalue weighted by Gasteiger charge is -2.72. The number of rotatable bonds is 8. The minimum absolute atomic E-state index is 0.116. The van der Waals surface area contributed by atoms with Crippen LogP contribution in [0.1, 0.15) is 107 Å². The summed E-state index contributed by atoms with van der Waals surface area (Å²) in [7, 11) is 0. The molecule has 51 heavy (non-hydrogen) atoms. The van der Waals surface area contributed by atoms with E-state index in [1.54, 1.807) is 39.0 Å². The Morgan fingerprint density at radius 1 is 0.765 bits per heavy atom. The average Bonchev–Trinajstić information content (AvgIpc) is 3.04. The van der Waals surface area contributed by atoms with Crippen molar-refractivity contribution in [1.29, 1.82) is 0 Å². The molecule has 0 amide bonds. The van der Waals surface area contributed by atoms with Gasteiger partial charge in [0.25, 0.3) is 0 Å². The second kappa shape index (κ2) is 13.9. The summed E-state index contributed by atoms with van der Waals surface area (Å²) in [6.45, 7) is 18.2. The zero-order valence-corrected chi connectivity index (χ0v) is 32.2. The minimum atomic E-state index is -1.30. The summed E-state index contributed by atoms with van der Waals surface area (Å²) in [4.78, 5) is 38.0. The van der Waals surface area contributed by atoms with Crippen molar-refractivity contribution < 1.29 is 43.9 Å². The number of esters is 3. The highest BCUT2D eigenvalue weighted by atomic mass is 16.6. The van der Waals surface area contributed by atoms with Gasteiger partial charge in [-0.05, 0) is 99.7 Å². The Labute approximate surface area is 304 Å². The quantitative estimate of drug-likeness (QED) is 0.113. The SMILES string of the molecule is C/C=C/C(=O)OC[C@@]12C(CC(C)(C)[C@@H](OC(=O)/C=C/C)[C@@H]1O)C1=CCC3[C@@]4(C)CC[C@H](O)[C@](C)(COC(=O)/C=C/C)C4CC[C@@]3(C)[C@]1(C)C[C@H]2O. The van der Waals surface area contributed by atoms with Crippen molar-refractivity contribution in [3.05, 3.63) is 48.1 Å². The van der Waals surface area contributed by atoms with Crippen LogP contribution in [0.15, 0.2) is 48.1 Å². The lowest BCUT2D eigenvalue weighted by atomic mass is 9.33. The van der Waals surface area contributed by atoms with Crippen LogP contribution in [0.3, 0.4) is 0 Å². The van der Waals surface area contributed by atoms with Gasteiger partial charge in [-0.2, -0.15) is 0 Å². The molecule has 0 spiro atoms. The Morgan fingerprint density at radius 3 is 1.96 bits per heavy atom. The van der Waals surface area contributed by atoms with Crippen molar-refractivity contribution in [2.45, 2.75) is 132 Å². The number of ether oxygens (including phenoxy) is 3. The highest BCUT2D eigenvalue weighted by Crippen LogP contribution is 2.76. The first-order valence-corrected chi connectivity index (χ1v) is 19.0. The van der Waals surface area contributed by atoms with Gasteiger partial charge in [0.15, 0.2) is 0 Å². The number of fused-ring (bicyclic) bond motifs is 7. The molecule has 0 radical (unpaired) electrons. The van der Waals surface area contributed by atoms with Gasteiger partial charge in [-0.25, -0.2) is 14.4 Å². The molecule has 9 heteroatoms. The maximum absolute atomic E-state index is 12.8. The van der Waals surface area contributed by atoms with Crippen LogP contribution in [-0.2, 0) is 28.6 Å². The highest BCUT2D eigenvalue weighted by molar-refractivity contribution is 5.82. The van der Waals surface area contributed by atoms with E-state index in [0.717, 1.165) is 25.7 Å². The maximum Gasteiger partial charge on any atom is 0.330 e. The lowest BCUT2D eigenvalue weighted by molar-refractivity contribution is -0.263. The third-order valence-corrected chi connectivity index (χ3v) is 15.0. The van der Waals surface area contributed by atoms with Crippen LogP contribution in [-0.4, -0.2) is 70.9 Å². The molecule has 9 nitrogen and oxygen atoms in total. The van der Waals surface area contributed by atoms with Crippen LogP contribution in [0.2, 0.25) is 0 Å². The summed E-state index contributed by atoms with van der Waals surface area (Å²) in [6, 6.07) is 0. The van der Waals surface area contributed by atoms with Gasteiger partial charge in [0.1, 0.15) is 18.8 Å². The first-order valence-electron chi connectivity index (χ1n) is 19.0. The maximum atomic E-state index is 12.8. The fourth-order valence-corrected chi connectivity index (χ4v) is 12.2. The summed E-state index contributed by atoms with van der Waals surface area (Å²) < 4.78 is 17.5. The van der Waals surface area contributed by atoms with Gasteiger partial charge in [0.05, 0.1) is 24.2 Å². The number of aliphatic hydroxyl groups excluding tert-OH is 3. The molecule has 4 fully saturated rings. The fourth-order valence-electron chi connectivity index (χ4n) is 12.2. The predicted molar refractivity (Wildman–Crippen MR) is 194 cm³/mol. The van der Waals surface area contributed by atoms with Crippen LogP contribution >= 0.6 is 0 Å². The van der Waals surface area contributed by atoms with Crippen molar-refractivity contribution in [2.24, 2.45) is 50.2 Å². The van der Waals surface area contributed by atoms with Gasteiger partial charge in [0, 0.05) is 29.1 Å². The first-order chi connectivity index (χ1) is 23.8. The van der Waals surface area contributed by atoms with Crippen LogP contribution in [0.25, 0.3) is 0 Å². The summed E-state index contributed by atoms with van der Waals surface area (Å²) in [5.41, 5.74) is -2.26. The van der Waals surface area contributed by atoms with E-state index in [1.165, 1.54) is 23.8 Å². The summed E-state index contributed by atoms with van der Waals surface area (Å²) in [6.07, 6.45) is 12.2. The van der Waals surface area contributed by atoms with Gasteiger partial charge in [0.2, 0.25) is 0 Å². The summed E-state index contributed by atoms with van der Waals surface area (Å²) >= 11 is 0. The molecule has 5 rings (SSSR count). The van der Waals surface area contributed by atoms with E-state index in [9.17, 15) is 29.7 Å². The van der Waals surface area contributed by atoms with E-state index in [1.807, 2.05) is 13.8 Å². The molecule has 5 aliphatic rings. The topological polar surface area (TPSA) is 140 Å². The molecule has 0 aromatic rings. The third-order valence-electron chi connectivity index (χ3n) is 15.0. The van der Waals surface area contributed by atoms with Crippen molar-refractivity contribution in [1.82, 2.24) is 0 Å². The number of hydrogen-bond acceptors (Lipinski definition) is 9. The van der Waals surface area contributed by atoms with E-state index in [-0.39, 0.29) is 41.8 Å². The molecule has 0 heterocycles. The Balaban J connectivity index is 1.58. The van der Waals surface area contributed by atoms with E-state index >= 15 is 0 Å². The first kappa shape index (κ1) is 39.5. The Kier molecular flexibility index (Phi) is 10.8. The van der Waals surface area contributed by atoms with E-state index in [2.05, 4.69) is 33.8 Å². The molecular formula is C42H62O9. The Hall–Kier alpha value is -2.75. The van der Waals surface area contributed by atoms with Gasteiger partial charge in [-0.1, -0.05) is 71.4 Å². The number of allylic oxidation sites excluding steroid dienone is 5. The van der Waals surface area contributed by atoms with Crippen LogP contribution in [0.4, 0.5) is 0 Å². The van der Waals surface area contributed by atoms with Gasteiger partial charge in [-0.15, -0.1) is 0 Å². The third kappa shape index (κ3) is 6.07. The molecular weight excluding hydrogens is 648 g/mol. The summed E-state index contributed by atoms with van der Waals surface area (Å²) in [5.74, 6) is -1.53. The van der Waals surface area contributed by atoms with E-state index < -0.39 is 64.0 Å². The normalized spacial score (nSPS) is 44.5. The summed E-state index contributed by atoms with van der Waals surface area (Å²) in [5, 5.41) is 36.4. The van der Waals surface area contributed by atoms with Gasteiger partial charge < -0.3 is 29.5 Å². The molecule has 0 saturated heterocycles. The minimum Gasteiger partial charge on any atom is -0.462 e. The largest absolute Gasteiger partial charge is 0.462 e. The Morgan fingerprint density at radius 2 is 1.35 bits per heavy atom. The van der Waals surface area contributed by atoms with Crippen LogP contribution < -0.4 is 0 Å². The number of carbonyl (C=O) groups is 3. The standard InChI is InChI=1S/C42H62O9/c1-10-13-32(45)49-24-39(7)28-18-21-40(8)29(38(28,6)20-19-30(39)43)17-16-26-27-22-37(4,5)36(51-34(47)15-12-3)35(48)42(27,25-50-33(46)14-11-2)31(44)23-41(26,40)9/h10-16,27-31,35-36,43-44,48H,17-25H2,1-9H3/b13-10+,14-11+,15-12+/t27?,28?,29?,30-,31+,35-,36-,38-,39+,40+,41+,42-/m0/s1. The zero-order valence-electron chi connectivity index (χ0n) is 32.2. The van der Waals surface area contributed by atoms with Crippen molar-refractivity contribution in [2.75, 3.05) is 13.2 Å². The molecule has 3 unspecified atom stereocenters. The highest BCUT2D eigenvalue weighted by Gasteiger charge is 2.73. The molecule has 0 aromatic heterocycles. The van der Waals surface area contributed by atoms with E-state index in [0.29, 0.717) is 19.3 Å². The molecule has 4 saturated carbocycles. The molecule has 284 valence electrons. The van der Waals surface area contributed by atoms with Crippen molar-refractivity contribution in [3.8, 4) is 0 Å². The molecule has 0 aliphatic heterocycles. The lowest BCUT2D eigenvalue weighted by Crippen LogP contribution is -2.72. The molecule has 12 atom stereocenters. The number of carbonyl (C=O) groups excluding carboxylic acids is 3. The van der Waals surface area contributed by atoms with Crippen molar-refractivity contribution >= 4 is 17.9 Å². The molecule has 0 aromatic carbocycles. The molecule has 0 bridgehead atoms. The zero-order chi connectivity index (χ0) is 37.8. The monoisotopic (exact) mass is 710 g/mol. The Bertz CT molecular complexity index is 1490. The molecule has 5 aliphatic carbocycles. The number of aliphatic hydroxyl groups is 3. The average molecular weight is 711 g/mol. The van der Waals surface area contributed by atoms with E-state index in [4.69, 9.17) is 14.2 Å². The van der Waals surface area contributed by atoms with Crippen LogP contribution in [0.5, 0.6) is 0 Å². The van der Waals surface area contributed by atoms with Crippen molar-refractivity contribution in [3.63, 3.8) is 0 Å². The smallest absolute Gasteiger partial charge is 0.330 e. The molecule has 3 N–H and O–H groups in total. The fraction of sp³-hybridized carbons (Fsp3) is 0.738. The van der Waals surface area contributed by atoms with Gasteiger partial charge in [-0.3, -0.25) is 0 Å². The van der Waals surface area contributed by atoms with Gasteiger partial charge >= 0.3 is 17.9 Å². The second-order valence-corrected chi connectivity index (χ2v) is 18.0.